The lowest BCUT2D eigenvalue weighted by Gasteiger charge is -2.18. The minimum atomic E-state index is -0.466. The Morgan fingerprint density at radius 3 is 2.09 bits per heavy atom. The maximum atomic E-state index is 13.7. The van der Waals surface area contributed by atoms with Gasteiger partial charge in [-0.25, -0.2) is 8.78 Å². The fourth-order valence-corrected chi connectivity index (χ4v) is 3.45. The van der Waals surface area contributed by atoms with Crippen molar-refractivity contribution >= 4 is 23.1 Å². The molecule has 0 bridgehead atoms. The zero-order valence-electron chi connectivity index (χ0n) is 18.4. The summed E-state index contributed by atoms with van der Waals surface area (Å²) in [5.41, 5.74) is 1.47. The van der Waals surface area contributed by atoms with E-state index in [4.69, 9.17) is 16.6 Å². The zero-order valence-corrected chi connectivity index (χ0v) is 19.1. The monoisotopic (exact) mass is 465 g/mol. The molecular formula is C25H22ClF2N5. The Kier molecular flexibility index (Phi) is 6.24. The maximum absolute atomic E-state index is 13.7. The predicted octanol–water partition coefficient (Wildman–Crippen LogP) is 6.52. The van der Waals surface area contributed by atoms with E-state index in [0.29, 0.717) is 39.4 Å². The minimum absolute atomic E-state index is 0.342. The SMILES string of the molecule is CC(C)(C)N=C(Nc1ccc(F)cc1)c1nnc(-c2ccccc2Cl)n1-c1ccc(F)cc1. The van der Waals surface area contributed by atoms with Crippen LogP contribution in [-0.2, 0) is 0 Å². The summed E-state index contributed by atoms with van der Waals surface area (Å²) in [7, 11) is 0. The minimum Gasteiger partial charge on any atom is -0.337 e. The van der Waals surface area contributed by atoms with Gasteiger partial charge >= 0.3 is 0 Å². The number of benzene rings is 3. The number of aromatic nitrogens is 3. The van der Waals surface area contributed by atoms with E-state index in [-0.39, 0.29) is 11.6 Å². The summed E-state index contributed by atoms with van der Waals surface area (Å²) in [6.07, 6.45) is 0. The fourth-order valence-electron chi connectivity index (χ4n) is 3.23. The lowest BCUT2D eigenvalue weighted by atomic mass is 10.1. The highest BCUT2D eigenvalue weighted by Crippen LogP contribution is 2.30. The van der Waals surface area contributed by atoms with Crippen LogP contribution in [0.1, 0.15) is 26.6 Å². The molecule has 5 nitrogen and oxygen atoms in total. The molecule has 0 spiro atoms. The molecular weight excluding hydrogens is 444 g/mol. The first-order valence-corrected chi connectivity index (χ1v) is 10.7. The van der Waals surface area contributed by atoms with Crippen LogP contribution in [0.25, 0.3) is 17.1 Å². The van der Waals surface area contributed by atoms with Crippen molar-refractivity contribution in [2.24, 2.45) is 4.99 Å². The van der Waals surface area contributed by atoms with Gasteiger partial charge in [0.15, 0.2) is 11.7 Å². The Bertz CT molecular complexity index is 1290. The van der Waals surface area contributed by atoms with Gasteiger partial charge in [0.25, 0.3) is 0 Å². The topological polar surface area (TPSA) is 55.1 Å². The van der Waals surface area contributed by atoms with Crippen molar-refractivity contribution in [3.8, 4) is 17.1 Å². The first kappa shape index (κ1) is 22.6. The van der Waals surface area contributed by atoms with Gasteiger partial charge in [0, 0.05) is 16.9 Å². The average molecular weight is 466 g/mol. The number of anilines is 1. The molecule has 4 aromatic rings. The summed E-state index contributed by atoms with van der Waals surface area (Å²) in [5, 5.41) is 12.6. The molecule has 0 saturated carbocycles. The summed E-state index contributed by atoms with van der Waals surface area (Å²) in [6, 6.07) is 19.2. The molecule has 3 aromatic carbocycles. The molecule has 4 rings (SSSR count). The van der Waals surface area contributed by atoms with Crippen molar-refractivity contribution in [3.63, 3.8) is 0 Å². The second-order valence-electron chi connectivity index (χ2n) is 8.40. The van der Waals surface area contributed by atoms with Crippen LogP contribution in [0.3, 0.4) is 0 Å². The number of hydrogen-bond acceptors (Lipinski definition) is 3. The molecule has 0 atom stereocenters. The van der Waals surface area contributed by atoms with Crippen LogP contribution in [-0.4, -0.2) is 26.1 Å². The van der Waals surface area contributed by atoms with Crippen molar-refractivity contribution in [3.05, 3.63) is 95.3 Å². The van der Waals surface area contributed by atoms with Crippen molar-refractivity contribution in [1.82, 2.24) is 14.8 Å². The van der Waals surface area contributed by atoms with Crippen LogP contribution >= 0.6 is 11.6 Å². The third-order valence-corrected chi connectivity index (χ3v) is 4.96. The van der Waals surface area contributed by atoms with Gasteiger partial charge in [-0.2, -0.15) is 0 Å². The Hall–Kier alpha value is -3.58. The third-order valence-electron chi connectivity index (χ3n) is 4.63. The van der Waals surface area contributed by atoms with Gasteiger partial charge in [-0.15, -0.1) is 10.2 Å². The van der Waals surface area contributed by atoms with Gasteiger partial charge in [-0.1, -0.05) is 23.7 Å². The number of aliphatic imine (C=N–C) groups is 1. The molecule has 1 heterocycles. The smallest absolute Gasteiger partial charge is 0.204 e. The van der Waals surface area contributed by atoms with Gasteiger partial charge in [-0.05, 0) is 81.4 Å². The lowest BCUT2D eigenvalue weighted by molar-refractivity contribution is 0.583. The fraction of sp³-hybridized carbons (Fsp3) is 0.160. The normalized spacial score (nSPS) is 12.1. The Morgan fingerprint density at radius 1 is 0.879 bits per heavy atom. The van der Waals surface area contributed by atoms with Gasteiger partial charge in [0.2, 0.25) is 5.82 Å². The summed E-state index contributed by atoms with van der Waals surface area (Å²) in [5.74, 6) is 0.593. The Morgan fingerprint density at radius 2 is 1.48 bits per heavy atom. The number of amidine groups is 1. The highest BCUT2D eigenvalue weighted by molar-refractivity contribution is 6.33. The second kappa shape index (κ2) is 9.11. The molecule has 168 valence electrons. The van der Waals surface area contributed by atoms with E-state index in [1.54, 1.807) is 34.9 Å². The van der Waals surface area contributed by atoms with Crippen molar-refractivity contribution in [2.45, 2.75) is 26.3 Å². The molecule has 0 aliphatic carbocycles. The van der Waals surface area contributed by atoms with Crippen LogP contribution in [0.5, 0.6) is 0 Å². The van der Waals surface area contributed by atoms with E-state index in [0.717, 1.165) is 0 Å². The predicted molar refractivity (Wildman–Crippen MR) is 128 cm³/mol. The van der Waals surface area contributed by atoms with Crippen LogP contribution in [0.2, 0.25) is 5.02 Å². The van der Waals surface area contributed by atoms with Gasteiger partial charge in [0.1, 0.15) is 11.6 Å². The highest BCUT2D eigenvalue weighted by atomic mass is 35.5. The van der Waals surface area contributed by atoms with E-state index in [2.05, 4.69) is 15.5 Å². The number of rotatable bonds is 4. The van der Waals surface area contributed by atoms with Crippen LogP contribution < -0.4 is 5.32 Å². The molecule has 0 aliphatic rings. The number of hydrogen-bond donors (Lipinski definition) is 1. The summed E-state index contributed by atoms with van der Waals surface area (Å²) < 4.78 is 28.9. The third kappa shape index (κ3) is 5.26. The van der Waals surface area contributed by atoms with E-state index in [1.807, 2.05) is 39.0 Å². The molecule has 0 fully saturated rings. The average Bonchev–Trinajstić information content (AvgIpc) is 3.20. The van der Waals surface area contributed by atoms with Gasteiger partial charge in [-0.3, -0.25) is 9.56 Å². The van der Waals surface area contributed by atoms with Crippen LogP contribution in [0.15, 0.2) is 77.8 Å². The molecule has 0 aliphatic heterocycles. The second-order valence-corrected chi connectivity index (χ2v) is 8.81. The molecule has 33 heavy (non-hydrogen) atoms. The number of nitrogens with zero attached hydrogens (tertiary/aromatic N) is 4. The number of nitrogens with one attached hydrogen (secondary N) is 1. The molecule has 1 aromatic heterocycles. The van der Waals surface area contributed by atoms with Gasteiger partial charge < -0.3 is 5.32 Å². The van der Waals surface area contributed by atoms with Crippen LogP contribution in [0, 0.1) is 11.6 Å². The van der Waals surface area contributed by atoms with Crippen LogP contribution in [0.4, 0.5) is 14.5 Å². The molecule has 0 unspecified atom stereocenters. The van der Waals surface area contributed by atoms with E-state index in [9.17, 15) is 8.78 Å². The summed E-state index contributed by atoms with van der Waals surface area (Å²) in [6.45, 7) is 5.85. The van der Waals surface area contributed by atoms with E-state index in [1.165, 1.54) is 24.3 Å². The molecule has 0 saturated heterocycles. The zero-order chi connectivity index (χ0) is 23.6. The molecule has 0 amide bonds. The Labute approximate surface area is 195 Å². The first-order chi connectivity index (χ1) is 15.7. The maximum Gasteiger partial charge on any atom is 0.204 e. The molecule has 8 heteroatoms. The lowest BCUT2D eigenvalue weighted by Crippen LogP contribution is -2.24. The Balaban J connectivity index is 1.93. The summed E-state index contributed by atoms with van der Waals surface area (Å²) >= 11 is 6.46. The largest absolute Gasteiger partial charge is 0.337 e. The highest BCUT2D eigenvalue weighted by Gasteiger charge is 2.23. The van der Waals surface area contributed by atoms with Crippen molar-refractivity contribution in [2.75, 3.05) is 5.32 Å². The quantitative estimate of drug-likeness (QED) is 0.275. The van der Waals surface area contributed by atoms with E-state index >= 15 is 0 Å². The standard InChI is InChI=1S/C25H22ClF2N5/c1-25(2,3)30-22(29-18-12-8-16(27)9-13-18)24-32-31-23(20-6-4-5-7-21(20)26)33(24)19-14-10-17(28)11-15-19/h4-15H,1-3H3,(H,29,30). The first-order valence-electron chi connectivity index (χ1n) is 10.3. The molecule has 1 N–H and O–H groups in total. The van der Waals surface area contributed by atoms with E-state index < -0.39 is 5.54 Å². The molecule has 0 radical (unpaired) electrons. The van der Waals surface area contributed by atoms with Crippen molar-refractivity contribution in [1.29, 1.82) is 0 Å². The number of halogens is 3. The van der Waals surface area contributed by atoms with Gasteiger partial charge in [0.05, 0.1) is 10.6 Å². The van der Waals surface area contributed by atoms with Crippen molar-refractivity contribution < 1.29 is 8.78 Å². The summed E-state index contributed by atoms with van der Waals surface area (Å²) in [4.78, 5) is 4.81.